The highest BCUT2D eigenvalue weighted by atomic mass is 32.2. The number of hydrogen-bond donors (Lipinski definition) is 1. The highest BCUT2D eigenvalue weighted by molar-refractivity contribution is 7.88. The SMILES string of the molecule is CC(F)c1cc2cnc(CC3CCN(S(C)(=O)=O)CC3)nc2n([C@@H]2CCC[C@@]2(C)O)c1=O. The van der Waals surface area contributed by atoms with E-state index in [1.807, 2.05) is 0 Å². The number of halogens is 1. The van der Waals surface area contributed by atoms with Crippen molar-refractivity contribution >= 4 is 21.1 Å². The maximum absolute atomic E-state index is 14.2. The molecule has 1 saturated heterocycles. The molecule has 10 heteroatoms. The van der Waals surface area contributed by atoms with Gasteiger partial charge in [-0.15, -0.1) is 0 Å². The van der Waals surface area contributed by atoms with E-state index >= 15 is 0 Å². The normalized spacial score (nSPS) is 26.6. The Morgan fingerprint density at radius 2 is 2.00 bits per heavy atom. The summed E-state index contributed by atoms with van der Waals surface area (Å²) in [6.07, 6.45) is 5.38. The average molecular weight is 467 g/mol. The van der Waals surface area contributed by atoms with E-state index in [2.05, 4.69) is 4.98 Å². The second kappa shape index (κ2) is 8.46. The van der Waals surface area contributed by atoms with E-state index in [9.17, 15) is 22.7 Å². The lowest BCUT2D eigenvalue weighted by atomic mass is 9.94. The van der Waals surface area contributed by atoms with Gasteiger partial charge in [-0.2, -0.15) is 0 Å². The molecule has 2 aromatic heterocycles. The zero-order valence-electron chi connectivity index (χ0n) is 18.8. The van der Waals surface area contributed by atoms with Crippen molar-refractivity contribution in [2.24, 2.45) is 5.92 Å². The van der Waals surface area contributed by atoms with Crippen molar-refractivity contribution in [1.29, 1.82) is 0 Å². The summed E-state index contributed by atoms with van der Waals surface area (Å²) in [5.41, 5.74) is -1.06. The van der Waals surface area contributed by atoms with E-state index in [0.717, 1.165) is 19.3 Å². The number of nitrogens with zero attached hydrogens (tertiary/aromatic N) is 4. The van der Waals surface area contributed by atoms with Gasteiger partial charge >= 0.3 is 0 Å². The Bertz CT molecular complexity index is 1170. The molecular weight excluding hydrogens is 435 g/mol. The smallest absolute Gasteiger partial charge is 0.258 e. The van der Waals surface area contributed by atoms with Crippen molar-refractivity contribution in [2.45, 2.75) is 70.2 Å². The number of rotatable bonds is 5. The van der Waals surface area contributed by atoms with Crippen molar-refractivity contribution in [3.63, 3.8) is 0 Å². The number of sulfonamides is 1. The van der Waals surface area contributed by atoms with Crippen LogP contribution in [-0.2, 0) is 16.4 Å². The van der Waals surface area contributed by atoms with Crippen molar-refractivity contribution in [3.8, 4) is 0 Å². The Kier molecular flexibility index (Phi) is 6.15. The minimum absolute atomic E-state index is 0.0460. The standard InChI is InChI=1S/C22H31FN4O4S/c1-14(23)17-12-16-13-24-19(11-15-6-9-26(10-7-15)32(3,30)31)25-20(16)27(21(17)28)18-5-4-8-22(18,2)29/h12-15,18,29H,4-11H2,1-3H3/t14?,18-,22-/m1/s1. The van der Waals surface area contributed by atoms with E-state index in [0.29, 0.717) is 49.2 Å². The first-order valence-corrected chi connectivity index (χ1v) is 13.0. The van der Waals surface area contributed by atoms with Gasteiger partial charge in [0.15, 0.2) is 0 Å². The van der Waals surface area contributed by atoms with E-state index in [1.54, 1.807) is 13.1 Å². The summed E-state index contributed by atoms with van der Waals surface area (Å²) in [6.45, 7) is 4.00. The molecule has 1 aliphatic carbocycles. The highest BCUT2D eigenvalue weighted by Crippen LogP contribution is 2.39. The van der Waals surface area contributed by atoms with Gasteiger partial charge in [0.2, 0.25) is 10.0 Å². The average Bonchev–Trinajstić information content (AvgIpc) is 3.05. The Balaban J connectivity index is 1.70. The summed E-state index contributed by atoms with van der Waals surface area (Å²) in [5, 5.41) is 11.5. The van der Waals surface area contributed by atoms with E-state index in [-0.39, 0.29) is 11.5 Å². The van der Waals surface area contributed by atoms with Gasteiger partial charge in [-0.05, 0) is 57.9 Å². The van der Waals surface area contributed by atoms with Crippen LogP contribution in [0.2, 0.25) is 0 Å². The van der Waals surface area contributed by atoms with Crippen LogP contribution in [0.1, 0.15) is 69.6 Å². The second-order valence-electron chi connectivity index (χ2n) is 9.53. The van der Waals surface area contributed by atoms with Gasteiger partial charge in [0.1, 0.15) is 17.6 Å². The molecule has 0 bridgehead atoms. The maximum Gasteiger partial charge on any atom is 0.258 e. The Morgan fingerprint density at radius 1 is 1.31 bits per heavy atom. The Morgan fingerprint density at radius 3 is 2.56 bits per heavy atom. The number of piperidine rings is 1. The molecule has 0 radical (unpaired) electrons. The minimum atomic E-state index is -3.18. The molecule has 2 aromatic rings. The lowest BCUT2D eigenvalue weighted by Crippen LogP contribution is -2.39. The molecule has 2 aliphatic rings. The van der Waals surface area contributed by atoms with Gasteiger partial charge in [0.05, 0.1) is 23.5 Å². The summed E-state index contributed by atoms with van der Waals surface area (Å²) in [4.78, 5) is 22.4. The van der Waals surface area contributed by atoms with Crippen LogP contribution >= 0.6 is 0 Å². The van der Waals surface area contributed by atoms with Crippen LogP contribution in [0.4, 0.5) is 4.39 Å². The summed E-state index contributed by atoms with van der Waals surface area (Å²) >= 11 is 0. The predicted molar refractivity (Wildman–Crippen MR) is 120 cm³/mol. The van der Waals surface area contributed by atoms with Crippen molar-refractivity contribution in [3.05, 3.63) is 34.0 Å². The van der Waals surface area contributed by atoms with Crippen LogP contribution in [0.3, 0.4) is 0 Å². The summed E-state index contributed by atoms with van der Waals surface area (Å²) in [6, 6.07) is 1.04. The molecule has 4 rings (SSSR count). The van der Waals surface area contributed by atoms with Gasteiger partial charge in [-0.1, -0.05) is 0 Å². The van der Waals surface area contributed by atoms with Gasteiger partial charge < -0.3 is 5.11 Å². The fourth-order valence-corrected chi connectivity index (χ4v) is 5.96. The number of pyridine rings is 1. The van der Waals surface area contributed by atoms with Gasteiger partial charge in [0.25, 0.3) is 5.56 Å². The zero-order valence-corrected chi connectivity index (χ0v) is 19.6. The third-order valence-corrected chi connectivity index (χ3v) is 8.29. The monoisotopic (exact) mass is 466 g/mol. The fourth-order valence-electron chi connectivity index (χ4n) is 5.09. The van der Waals surface area contributed by atoms with Crippen LogP contribution in [0.25, 0.3) is 11.0 Å². The zero-order chi connectivity index (χ0) is 23.3. The molecule has 1 N–H and O–H groups in total. The topological polar surface area (TPSA) is 105 Å². The number of hydrogen-bond acceptors (Lipinski definition) is 6. The lowest BCUT2D eigenvalue weighted by Gasteiger charge is -2.30. The first kappa shape index (κ1) is 23.3. The van der Waals surface area contributed by atoms with Crippen LogP contribution in [0, 0.1) is 5.92 Å². The van der Waals surface area contributed by atoms with Crippen LogP contribution in [0.5, 0.6) is 0 Å². The largest absolute Gasteiger partial charge is 0.388 e. The van der Waals surface area contributed by atoms with Crippen LogP contribution in [-0.4, -0.2) is 57.3 Å². The number of fused-ring (bicyclic) bond motifs is 1. The molecule has 1 saturated carbocycles. The molecule has 1 unspecified atom stereocenters. The molecule has 32 heavy (non-hydrogen) atoms. The molecule has 0 spiro atoms. The number of aromatic nitrogens is 3. The number of alkyl halides is 1. The third-order valence-electron chi connectivity index (χ3n) is 6.98. The molecule has 1 aliphatic heterocycles. The summed E-state index contributed by atoms with van der Waals surface area (Å²) in [5.74, 6) is 0.812. The van der Waals surface area contributed by atoms with Crippen molar-refractivity contribution in [2.75, 3.05) is 19.3 Å². The van der Waals surface area contributed by atoms with Crippen molar-refractivity contribution in [1.82, 2.24) is 18.8 Å². The van der Waals surface area contributed by atoms with E-state index < -0.39 is 33.4 Å². The molecule has 8 nitrogen and oxygen atoms in total. The van der Waals surface area contributed by atoms with Gasteiger partial charge in [-0.3, -0.25) is 9.36 Å². The third kappa shape index (κ3) is 4.45. The van der Waals surface area contributed by atoms with E-state index in [4.69, 9.17) is 4.98 Å². The highest BCUT2D eigenvalue weighted by Gasteiger charge is 2.40. The second-order valence-corrected chi connectivity index (χ2v) is 11.5. The maximum atomic E-state index is 14.2. The first-order valence-electron chi connectivity index (χ1n) is 11.2. The Hall–Kier alpha value is -1.91. The quantitative estimate of drug-likeness (QED) is 0.726. The van der Waals surface area contributed by atoms with Gasteiger partial charge in [0, 0.05) is 31.1 Å². The molecule has 3 heterocycles. The first-order chi connectivity index (χ1) is 15.0. The molecule has 0 aromatic carbocycles. The summed E-state index contributed by atoms with van der Waals surface area (Å²) < 4.78 is 40.7. The number of aliphatic hydroxyl groups is 1. The van der Waals surface area contributed by atoms with Crippen molar-refractivity contribution < 1.29 is 17.9 Å². The van der Waals surface area contributed by atoms with Crippen LogP contribution < -0.4 is 5.56 Å². The van der Waals surface area contributed by atoms with Gasteiger partial charge in [-0.25, -0.2) is 27.1 Å². The molecule has 2 fully saturated rings. The predicted octanol–water partition coefficient (Wildman–Crippen LogP) is 2.51. The van der Waals surface area contributed by atoms with Crippen LogP contribution in [0.15, 0.2) is 17.1 Å². The molecule has 0 amide bonds. The fraction of sp³-hybridized carbons (Fsp3) is 0.682. The molecular formula is C22H31FN4O4S. The Labute approximate surface area is 187 Å². The summed E-state index contributed by atoms with van der Waals surface area (Å²) in [7, 11) is -3.18. The molecule has 176 valence electrons. The van der Waals surface area contributed by atoms with E-state index in [1.165, 1.54) is 28.1 Å². The lowest BCUT2D eigenvalue weighted by molar-refractivity contribution is 0.0264. The molecule has 3 atom stereocenters. The minimum Gasteiger partial charge on any atom is -0.388 e.